The van der Waals surface area contributed by atoms with Gasteiger partial charge in [-0.05, 0) is 31.6 Å². The maximum Gasteiger partial charge on any atom is 0.270 e. The van der Waals surface area contributed by atoms with Gasteiger partial charge in [0.25, 0.3) is 11.6 Å². The number of thioether (sulfide) groups is 1. The van der Waals surface area contributed by atoms with Gasteiger partial charge in [0.05, 0.1) is 10.5 Å². The number of nitro groups is 1. The molecule has 1 aliphatic rings. The lowest BCUT2D eigenvalue weighted by Crippen LogP contribution is -2.39. The van der Waals surface area contributed by atoms with Crippen LogP contribution in [0.25, 0.3) is 0 Å². The molecule has 114 valence electrons. The number of amides is 1. The number of aryl methyl sites for hydroxylation is 1. The van der Waals surface area contributed by atoms with Crippen LogP contribution in [0.15, 0.2) is 12.1 Å². The molecular formula is C14H17FN2O3S. The van der Waals surface area contributed by atoms with E-state index in [2.05, 4.69) is 5.32 Å². The van der Waals surface area contributed by atoms with Gasteiger partial charge in [0.1, 0.15) is 5.82 Å². The minimum Gasteiger partial charge on any atom is -0.348 e. The Labute approximate surface area is 126 Å². The van der Waals surface area contributed by atoms with Crippen molar-refractivity contribution in [1.29, 1.82) is 0 Å². The van der Waals surface area contributed by atoms with Crippen molar-refractivity contribution in [2.24, 2.45) is 0 Å². The van der Waals surface area contributed by atoms with Gasteiger partial charge in [-0.1, -0.05) is 6.42 Å². The van der Waals surface area contributed by atoms with Gasteiger partial charge in [0, 0.05) is 23.4 Å². The van der Waals surface area contributed by atoms with Crippen LogP contribution in [0.3, 0.4) is 0 Å². The van der Waals surface area contributed by atoms with Crippen LogP contribution in [0.1, 0.15) is 35.2 Å². The summed E-state index contributed by atoms with van der Waals surface area (Å²) in [5, 5.41) is 14.0. The Hall–Kier alpha value is -1.63. The highest BCUT2D eigenvalue weighted by Crippen LogP contribution is 2.29. The van der Waals surface area contributed by atoms with Gasteiger partial charge in [0.2, 0.25) is 0 Å². The van der Waals surface area contributed by atoms with Gasteiger partial charge in [-0.3, -0.25) is 14.9 Å². The summed E-state index contributed by atoms with van der Waals surface area (Å²) in [5.74, 6) is -1.28. The molecule has 1 saturated carbocycles. The molecule has 0 bridgehead atoms. The summed E-state index contributed by atoms with van der Waals surface area (Å²) in [6.07, 6.45) is 4.87. The Balaban J connectivity index is 2.24. The molecule has 1 aliphatic carbocycles. The standard InChI is InChI=1S/C14H17FN2O3S/c1-8-6-9(17(19)20)7-10(13(8)15)14(18)16-11-4-3-5-12(11)21-2/h6-7,11-12H,3-5H2,1-2H3,(H,16,18). The number of nitrogens with zero attached hydrogens (tertiary/aromatic N) is 1. The maximum atomic E-state index is 14.1. The summed E-state index contributed by atoms with van der Waals surface area (Å²) in [7, 11) is 0. The zero-order chi connectivity index (χ0) is 15.6. The van der Waals surface area contributed by atoms with E-state index in [1.165, 1.54) is 6.92 Å². The number of non-ortho nitro benzene ring substituents is 1. The number of carbonyl (C=O) groups is 1. The Bertz CT molecular complexity index is 580. The molecule has 21 heavy (non-hydrogen) atoms. The second-order valence-electron chi connectivity index (χ2n) is 5.17. The summed E-state index contributed by atoms with van der Waals surface area (Å²) in [5.41, 5.74) is -0.428. The van der Waals surface area contributed by atoms with Crippen LogP contribution in [0.2, 0.25) is 0 Å². The first kappa shape index (κ1) is 15.8. The molecule has 5 nitrogen and oxygen atoms in total. The number of carbonyl (C=O) groups excluding carboxylic acids is 1. The van der Waals surface area contributed by atoms with E-state index in [1.807, 2.05) is 6.26 Å². The first-order valence-electron chi connectivity index (χ1n) is 6.72. The molecule has 1 fully saturated rings. The van der Waals surface area contributed by atoms with Crippen LogP contribution in [0, 0.1) is 22.9 Å². The molecule has 0 radical (unpaired) electrons. The van der Waals surface area contributed by atoms with Gasteiger partial charge in [0.15, 0.2) is 0 Å². The number of hydrogen-bond donors (Lipinski definition) is 1. The Morgan fingerprint density at radius 1 is 1.48 bits per heavy atom. The number of hydrogen-bond acceptors (Lipinski definition) is 4. The van der Waals surface area contributed by atoms with Crippen LogP contribution in [0.4, 0.5) is 10.1 Å². The van der Waals surface area contributed by atoms with E-state index in [1.54, 1.807) is 11.8 Å². The zero-order valence-electron chi connectivity index (χ0n) is 11.9. The lowest BCUT2D eigenvalue weighted by molar-refractivity contribution is -0.385. The smallest absolute Gasteiger partial charge is 0.270 e. The molecule has 0 saturated heterocycles. The van der Waals surface area contributed by atoms with Crippen LogP contribution in [0.5, 0.6) is 0 Å². The SMILES string of the molecule is CSC1CCCC1NC(=O)c1cc([N+](=O)[O-])cc(C)c1F. The van der Waals surface area contributed by atoms with Crippen LogP contribution in [-0.2, 0) is 0 Å². The molecule has 1 aromatic carbocycles. The lowest BCUT2D eigenvalue weighted by Gasteiger charge is -2.19. The van der Waals surface area contributed by atoms with E-state index >= 15 is 0 Å². The molecule has 1 N–H and O–H groups in total. The third-order valence-electron chi connectivity index (χ3n) is 3.77. The topological polar surface area (TPSA) is 72.2 Å². The number of nitro benzene ring substituents is 1. The zero-order valence-corrected chi connectivity index (χ0v) is 12.7. The molecule has 0 spiro atoms. The Kier molecular flexibility index (Phi) is 4.82. The van der Waals surface area contributed by atoms with Crippen molar-refractivity contribution in [3.05, 3.63) is 39.2 Å². The summed E-state index contributed by atoms with van der Waals surface area (Å²) in [4.78, 5) is 22.4. The first-order chi connectivity index (χ1) is 9.93. The van der Waals surface area contributed by atoms with Crippen LogP contribution in [-0.4, -0.2) is 28.4 Å². The first-order valence-corrected chi connectivity index (χ1v) is 8.01. The van der Waals surface area contributed by atoms with Gasteiger partial charge >= 0.3 is 0 Å². The summed E-state index contributed by atoms with van der Waals surface area (Å²) in [6.45, 7) is 1.42. The van der Waals surface area contributed by atoms with E-state index in [4.69, 9.17) is 0 Å². The average molecular weight is 312 g/mol. The lowest BCUT2D eigenvalue weighted by atomic mass is 10.1. The summed E-state index contributed by atoms with van der Waals surface area (Å²) in [6, 6.07) is 2.12. The van der Waals surface area contributed by atoms with E-state index in [9.17, 15) is 19.3 Å². The summed E-state index contributed by atoms with van der Waals surface area (Å²) < 4.78 is 14.1. The minimum absolute atomic E-state index is 0.00790. The highest BCUT2D eigenvalue weighted by atomic mass is 32.2. The highest BCUT2D eigenvalue weighted by Gasteiger charge is 2.29. The Morgan fingerprint density at radius 2 is 2.19 bits per heavy atom. The van der Waals surface area contributed by atoms with E-state index in [-0.39, 0.29) is 22.9 Å². The predicted octanol–water partition coefficient (Wildman–Crippen LogP) is 3.06. The second kappa shape index (κ2) is 6.43. The number of halogens is 1. The highest BCUT2D eigenvalue weighted by molar-refractivity contribution is 7.99. The van der Waals surface area contributed by atoms with Gasteiger partial charge in [-0.15, -0.1) is 0 Å². The monoisotopic (exact) mass is 312 g/mol. The number of benzene rings is 1. The predicted molar refractivity (Wildman–Crippen MR) is 80.2 cm³/mol. The number of nitrogens with one attached hydrogen (secondary N) is 1. The second-order valence-corrected chi connectivity index (χ2v) is 6.24. The quantitative estimate of drug-likeness (QED) is 0.685. The summed E-state index contributed by atoms with van der Waals surface area (Å²) >= 11 is 1.68. The van der Waals surface area contributed by atoms with E-state index in [0.717, 1.165) is 31.4 Å². The van der Waals surface area contributed by atoms with Gasteiger partial charge < -0.3 is 5.32 Å². The maximum absolute atomic E-state index is 14.1. The van der Waals surface area contributed by atoms with Crippen molar-refractivity contribution in [1.82, 2.24) is 5.32 Å². The van der Waals surface area contributed by atoms with Crippen molar-refractivity contribution in [2.45, 2.75) is 37.5 Å². The molecular weight excluding hydrogens is 295 g/mol. The largest absolute Gasteiger partial charge is 0.348 e. The van der Waals surface area contributed by atoms with Crippen LogP contribution < -0.4 is 5.32 Å². The third-order valence-corrected chi connectivity index (χ3v) is 4.94. The van der Waals surface area contributed by atoms with Crippen molar-refractivity contribution >= 4 is 23.4 Å². The fourth-order valence-corrected chi connectivity index (χ4v) is 3.58. The van der Waals surface area contributed by atoms with Crippen molar-refractivity contribution in [2.75, 3.05) is 6.26 Å². The van der Waals surface area contributed by atoms with E-state index < -0.39 is 16.6 Å². The van der Waals surface area contributed by atoms with Crippen molar-refractivity contribution < 1.29 is 14.1 Å². The molecule has 2 atom stereocenters. The molecule has 0 aromatic heterocycles. The van der Waals surface area contributed by atoms with Gasteiger partial charge in [-0.2, -0.15) is 11.8 Å². The fourth-order valence-electron chi connectivity index (χ4n) is 2.64. The molecule has 1 aromatic rings. The van der Waals surface area contributed by atoms with Gasteiger partial charge in [-0.25, -0.2) is 4.39 Å². The van der Waals surface area contributed by atoms with Crippen LogP contribution >= 0.6 is 11.8 Å². The third kappa shape index (κ3) is 3.34. The average Bonchev–Trinajstić information content (AvgIpc) is 2.88. The molecule has 2 rings (SSSR count). The molecule has 2 unspecified atom stereocenters. The van der Waals surface area contributed by atoms with Crippen molar-refractivity contribution in [3.63, 3.8) is 0 Å². The molecule has 1 amide bonds. The van der Waals surface area contributed by atoms with E-state index in [0.29, 0.717) is 5.25 Å². The van der Waals surface area contributed by atoms with Crippen molar-refractivity contribution in [3.8, 4) is 0 Å². The minimum atomic E-state index is -0.697. The number of rotatable bonds is 4. The molecule has 0 heterocycles. The molecule has 0 aliphatic heterocycles. The fraction of sp³-hybridized carbons (Fsp3) is 0.500. The normalized spacial score (nSPS) is 21.3. The molecule has 7 heteroatoms. The Morgan fingerprint density at radius 3 is 2.81 bits per heavy atom.